The molecule has 13 heteroatoms. The third-order valence-electron chi connectivity index (χ3n) is 5.88. The van der Waals surface area contributed by atoms with Crippen molar-refractivity contribution in [2.75, 3.05) is 5.73 Å². The molecule has 3 N–H and O–H groups in total. The Morgan fingerprint density at radius 1 is 1.11 bits per heavy atom. The molecule has 5 heterocycles. The van der Waals surface area contributed by atoms with E-state index in [0.29, 0.717) is 63.1 Å². The van der Waals surface area contributed by atoms with E-state index < -0.39 is 0 Å². The van der Waals surface area contributed by atoms with Crippen LogP contribution in [0.5, 0.6) is 0 Å². The number of aromatic amines is 1. The Hall–Kier alpha value is -4.09. The number of pyridine rings is 1. The molecule has 6 rings (SSSR count). The quantitative estimate of drug-likeness (QED) is 0.377. The standard InChI is InChI=1S/C22H16Cl2N10O/c23-12-2-3-15(33-10-27-31-32-33)13(7-12)14-8-19(35)34-16(4-6-18(34)28-14)22-29-20(21(24)30-22)11-1-5-17(25)26-9-11/h1-3,5,7-10,16H,4,6H2,(H2,25,26)(H,29,30)/t16-/m0/s1. The summed E-state index contributed by atoms with van der Waals surface area (Å²) in [5.41, 5.74) is 8.63. The van der Waals surface area contributed by atoms with Gasteiger partial charge in [0.15, 0.2) is 5.15 Å². The van der Waals surface area contributed by atoms with Gasteiger partial charge in [0.2, 0.25) is 0 Å². The Labute approximate surface area is 207 Å². The molecule has 5 aromatic rings. The summed E-state index contributed by atoms with van der Waals surface area (Å²) in [6.45, 7) is 0. The van der Waals surface area contributed by atoms with Gasteiger partial charge in [-0.25, -0.2) is 15.0 Å². The molecule has 0 amide bonds. The van der Waals surface area contributed by atoms with Gasteiger partial charge in [0, 0.05) is 34.8 Å². The molecule has 1 aliphatic heterocycles. The van der Waals surface area contributed by atoms with Gasteiger partial charge in [-0.05, 0) is 47.2 Å². The van der Waals surface area contributed by atoms with Crippen molar-refractivity contribution in [3.63, 3.8) is 0 Å². The molecule has 0 spiro atoms. The molecule has 0 bridgehead atoms. The Morgan fingerprint density at radius 3 is 2.77 bits per heavy atom. The van der Waals surface area contributed by atoms with Crippen molar-refractivity contribution < 1.29 is 0 Å². The Bertz CT molecular complexity index is 1610. The number of aromatic nitrogens is 9. The number of anilines is 1. The predicted octanol–water partition coefficient (Wildman–Crippen LogP) is 3.10. The van der Waals surface area contributed by atoms with Gasteiger partial charge >= 0.3 is 0 Å². The number of nitrogens with zero attached hydrogens (tertiary/aromatic N) is 8. The van der Waals surface area contributed by atoms with Gasteiger partial charge in [-0.2, -0.15) is 4.68 Å². The molecule has 1 aliphatic rings. The molecule has 0 saturated carbocycles. The van der Waals surface area contributed by atoms with E-state index in [9.17, 15) is 4.79 Å². The lowest BCUT2D eigenvalue weighted by Crippen LogP contribution is -2.25. The molecule has 0 radical (unpaired) electrons. The van der Waals surface area contributed by atoms with Crippen LogP contribution in [0, 0.1) is 0 Å². The molecule has 0 fully saturated rings. The molecular weight excluding hydrogens is 491 g/mol. The third kappa shape index (κ3) is 3.74. The second kappa shape index (κ2) is 8.29. The highest BCUT2D eigenvalue weighted by molar-refractivity contribution is 6.32. The minimum atomic E-state index is -0.328. The van der Waals surface area contributed by atoms with E-state index in [4.69, 9.17) is 33.9 Å². The lowest BCUT2D eigenvalue weighted by molar-refractivity contribution is 0.568. The summed E-state index contributed by atoms with van der Waals surface area (Å²) < 4.78 is 3.14. The number of halogens is 2. The molecule has 174 valence electrons. The van der Waals surface area contributed by atoms with Crippen LogP contribution in [0.4, 0.5) is 5.82 Å². The number of tetrazole rings is 1. The number of nitrogen functional groups attached to an aromatic ring is 1. The largest absolute Gasteiger partial charge is 0.384 e. The maximum absolute atomic E-state index is 13.3. The molecule has 4 aromatic heterocycles. The van der Waals surface area contributed by atoms with Crippen molar-refractivity contribution in [1.29, 1.82) is 0 Å². The molecule has 35 heavy (non-hydrogen) atoms. The van der Waals surface area contributed by atoms with Crippen LogP contribution in [-0.4, -0.2) is 44.7 Å². The van der Waals surface area contributed by atoms with Crippen LogP contribution in [0.3, 0.4) is 0 Å². The fraction of sp³-hybridized carbons (Fsp3) is 0.136. The number of hydrogen-bond acceptors (Lipinski definition) is 8. The summed E-state index contributed by atoms with van der Waals surface area (Å²) in [6.07, 6.45) is 4.32. The summed E-state index contributed by atoms with van der Waals surface area (Å²) in [6, 6.07) is 9.90. The van der Waals surface area contributed by atoms with Gasteiger partial charge in [0.05, 0.1) is 23.1 Å². The molecule has 1 atom stereocenters. The van der Waals surface area contributed by atoms with E-state index in [-0.39, 0.29) is 11.6 Å². The van der Waals surface area contributed by atoms with Crippen molar-refractivity contribution in [3.05, 3.63) is 81.1 Å². The zero-order valence-corrected chi connectivity index (χ0v) is 19.4. The van der Waals surface area contributed by atoms with E-state index in [1.807, 2.05) is 0 Å². The van der Waals surface area contributed by atoms with E-state index in [2.05, 4.69) is 30.5 Å². The van der Waals surface area contributed by atoms with Gasteiger partial charge in [-0.1, -0.05) is 23.2 Å². The number of aryl methyl sites for hydroxylation is 1. The van der Waals surface area contributed by atoms with Crippen molar-refractivity contribution in [2.24, 2.45) is 0 Å². The van der Waals surface area contributed by atoms with Crippen LogP contribution >= 0.6 is 23.2 Å². The summed E-state index contributed by atoms with van der Waals surface area (Å²) >= 11 is 12.7. The highest BCUT2D eigenvalue weighted by Gasteiger charge is 2.30. The SMILES string of the molecule is Nc1ccc(-c2[nH]c([C@@H]3CCc4nc(-c5cc(Cl)ccc5-n5cnnn5)cc(=O)n43)nc2Cl)cn1. The van der Waals surface area contributed by atoms with Crippen molar-refractivity contribution >= 4 is 29.0 Å². The van der Waals surface area contributed by atoms with Crippen molar-refractivity contribution in [1.82, 2.24) is 44.7 Å². The first kappa shape index (κ1) is 21.4. The molecule has 0 unspecified atom stereocenters. The maximum Gasteiger partial charge on any atom is 0.254 e. The summed E-state index contributed by atoms with van der Waals surface area (Å²) in [7, 11) is 0. The second-order valence-electron chi connectivity index (χ2n) is 8.00. The average molecular weight is 507 g/mol. The summed E-state index contributed by atoms with van der Waals surface area (Å²) in [4.78, 5) is 30.0. The van der Waals surface area contributed by atoms with E-state index in [1.54, 1.807) is 41.1 Å². The molecule has 0 saturated heterocycles. The molecular formula is C22H16Cl2N10O. The lowest BCUT2D eigenvalue weighted by atomic mass is 10.1. The number of imidazole rings is 1. The maximum atomic E-state index is 13.3. The first-order chi connectivity index (χ1) is 17.0. The van der Waals surface area contributed by atoms with Gasteiger partial charge in [-0.15, -0.1) is 5.10 Å². The summed E-state index contributed by atoms with van der Waals surface area (Å²) in [5, 5.41) is 12.1. The highest BCUT2D eigenvalue weighted by Crippen LogP contribution is 2.34. The van der Waals surface area contributed by atoms with Crippen molar-refractivity contribution in [2.45, 2.75) is 18.9 Å². The first-order valence-electron chi connectivity index (χ1n) is 10.6. The van der Waals surface area contributed by atoms with Crippen LogP contribution in [0.2, 0.25) is 10.2 Å². The van der Waals surface area contributed by atoms with Crippen LogP contribution < -0.4 is 11.3 Å². The lowest BCUT2D eigenvalue weighted by Gasteiger charge is -2.14. The monoisotopic (exact) mass is 506 g/mol. The van der Waals surface area contributed by atoms with Crippen LogP contribution in [0.1, 0.15) is 24.1 Å². The Balaban J connectivity index is 1.41. The molecule has 0 aliphatic carbocycles. The van der Waals surface area contributed by atoms with Crippen molar-refractivity contribution in [3.8, 4) is 28.2 Å². The normalized spacial score (nSPS) is 14.9. The number of H-pyrrole nitrogens is 1. The number of fused-ring (bicyclic) bond motifs is 1. The topological polar surface area (TPSA) is 146 Å². The number of nitrogens with one attached hydrogen (secondary N) is 1. The Kier molecular flexibility index (Phi) is 5.08. The number of rotatable bonds is 4. The number of nitrogens with two attached hydrogens (primary N) is 1. The van der Waals surface area contributed by atoms with Gasteiger partial charge in [0.25, 0.3) is 5.56 Å². The van der Waals surface area contributed by atoms with Crippen LogP contribution in [0.25, 0.3) is 28.2 Å². The minimum absolute atomic E-state index is 0.210. The van der Waals surface area contributed by atoms with E-state index >= 15 is 0 Å². The van der Waals surface area contributed by atoms with Crippen LogP contribution in [0.15, 0.2) is 53.7 Å². The first-order valence-corrected chi connectivity index (χ1v) is 11.4. The van der Waals surface area contributed by atoms with Gasteiger partial charge < -0.3 is 10.7 Å². The summed E-state index contributed by atoms with van der Waals surface area (Å²) in [5.74, 6) is 1.63. The fourth-order valence-corrected chi connectivity index (χ4v) is 4.72. The van der Waals surface area contributed by atoms with Crippen LogP contribution in [-0.2, 0) is 6.42 Å². The van der Waals surface area contributed by atoms with E-state index in [0.717, 1.165) is 5.56 Å². The average Bonchev–Trinajstić information content (AvgIpc) is 3.59. The number of hydrogen-bond donors (Lipinski definition) is 2. The zero-order chi connectivity index (χ0) is 24.1. The van der Waals surface area contributed by atoms with E-state index in [1.165, 1.54) is 17.1 Å². The third-order valence-corrected chi connectivity index (χ3v) is 6.39. The zero-order valence-electron chi connectivity index (χ0n) is 17.9. The Morgan fingerprint density at radius 2 is 2.00 bits per heavy atom. The second-order valence-corrected chi connectivity index (χ2v) is 8.79. The number of benzene rings is 1. The smallest absolute Gasteiger partial charge is 0.254 e. The van der Waals surface area contributed by atoms with Gasteiger partial charge in [0.1, 0.15) is 23.8 Å². The van der Waals surface area contributed by atoms with Gasteiger partial charge in [-0.3, -0.25) is 9.36 Å². The highest BCUT2D eigenvalue weighted by atomic mass is 35.5. The fourth-order valence-electron chi connectivity index (χ4n) is 4.30. The minimum Gasteiger partial charge on any atom is -0.384 e. The molecule has 1 aromatic carbocycles. The predicted molar refractivity (Wildman–Crippen MR) is 129 cm³/mol. The molecule has 11 nitrogen and oxygen atoms in total.